The number of carbonyl (C=O) groups excluding carboxylic acids is 2. The molecule has 0 saturated carbocycles. The number of benzene rings is 3. The standard InChI is InChI=1S/C23H20ClFN2O2S/c1-2-21(23(29)26-18-11-9-17(25)10-12-18)30-20-8-4-7-19(14-20)27-22(28)15-5-3-6-16(24)13-15/h3-14,21H,2H2,1H3,(H,26,29)(H,27,28). The van der Waals surface area contributed by atoms with E-state index >= 15 is 0 Å². The molecular formula is C23H20ClFN2O2S. The van der Waals surface area contributed by atoms with Gasteiger partial charge in [0.25, 0.3) is 5.91 Å². The summed E-state index contributed by atoms with van der Waals surface area (Å²) in [5.74, 6) is -0.783. The zero-order valence-electron chi connectivity index (χ0n) is 16.2. The Bertz CT molecular complexity index is 1040. The van der Waals surface area contributed by atoms with Crippen LogP contribution in [0.25, 0.3) is 0 Å². The van der Waals surface area contributed by atoms with Crippen molar-refractivity contribution in [2.45, 2.75) is 23.5 Å². The maximum atomic E-state index is 13.0. The molecule has 0 spiro atoms. The lowest BCUT2D eigenvalue weighted by Gasteiger charge is -2.15. The van der Waals surface area contributed by atoms with Crippen molar-refractivity contribution >= 4 is 46.6 Å². The Kier molecular flexibility index (Phi) is 7.49. The monoisotopic (exact) mass is 442 g/mol. The van der Waals surface area contributed by atoms with E-state index in [1.807, 2.05) is 25.1 Å². The van der Waals surface area contributed by atoms with Gasteiger partial charge in [0.15, 0.2) is 0 Å². The van der Waals surface area contributed by atoms with Gasteiger partial charge in [-0.3, -0.25) is 9.59 Å². The third-order valence-corrected chi connectivity index (χ3v) is 5.83. The zero-order chi connectivity index (χ0) is 21.5. The van der Waals surface area contributed by atoms with Crippen LogP contribution in [-0.4, -0.2) is 17.1 Å². The maximum absolute atomic E-state index is 13.0. The molecule has 4 nitrogen and oxygen atoms in total. The summed E-state index contributed by atoms with van der Waals surface area (Å²) in [5.41, 5.74) is 1.63. The van der Waals surface area contributed by atoms with Gasteiger partial charge in [-0.05, 0) is 67.1 Å². The first-order valence-corrected chi connectivity index (χ1v) is 10.6. The molecule has 2 amide bonds. The number of thioether (sulfide) groups is 1. The van der Waals surface area contributed by atoms with E-state index in [0.29, 0.717) is 28.4 Å². The molecule has 0 aliphatic rings. The van der Waals surface area contributed by atoms with Gasteiger partial charge in [0.1, 0.15) is 5.82 Å². The van der Waals surface area contributed by atoms with Crippen LogP contribution in [0.2, 0.25) is 5.02 Å². The van der Waals surface area contributed by atoms with Crippen molar-refractivity contribution in [1.82, 2.24) is 0 Å². The first kappa shape index (κ1) is 21.9. The van der Waals surface area contributed by atoms with Gasteiger partial charge < -0.3 is 10.6 Å². The van der Waals surface area contributed by atoms with Crippen molar-refractivity contribution in [1.29, 1.82) is 0 Å². The Morgan fingerprint density at radius 1 is 0.967 bits per heavy atom. The van der Waals surface area contributed by atoms with Gasteiger partial charge in [-0.15, -0.1) is 11.8 Å². The molecular weight excluding hydrogens is 423 g/mol. The van der Waals surface area contributed by atoms with E-state index in [1.54, 1.807) is 30.3 Å². The molecule has 0 bridgehead atoms. The van der Waals surface area contributed by atoms with Crippen LogP contribution in [0, 0.1) is 5.82 Å². The average Bonchev–Trinajstić information content (AvgIpc) is 2.74. The average molecular weight is 443 g/mol. The molecule has 0 saturated heterocycles. The van der Waals surface area contributed by atoms with Crippen molar-refractivity contribution in [3.05, 3.63) is 89.2 Å². The summed E-state index contributed by atoms with van der Waals surface area (Å²) >= 11 is 7.35. The topological polar surface area (TPSA) is 58.2 Å². The summed E-state index contributed by atoms with van der Waals surface area (Å²) in [4.78, 5) is 25.9. The van der Waals surface area contributed by atoms with E-state index < -0.39 is 0 Å². The zero-order valence-corrected chi connectivity index (χ0v) is 17.8. The van der Waals surface area contributed by atoms with Crippen LogP contribution in [0.1, 0.15) is 23.7 Å². The Hall–Kier alpha value is -2.83. The predicted octanol–water partition coefficient (Wildman–Crippen LogP) is 6.24. The number of rotatable bonds is 7. The predicted molar refractivity (Wildman–Crippen MR) is 121 cm³/mol. The Balaban J connectivity index is 1.66. The molecule has 30 heavy (non-hydrogen) atoms. The lowest BCUT2D eigenvalue weighted by Crippen LogP contribution is -2.24. The van der Waals surface area contributed by atoms with Crippen LogP contribution in [-0.2, 0) is 4.79 Å². The van der Waals surface area contributed by atoms with Crippen LogP contribution in [0.3, 0.4) is 0 Å². The molecule has 154 valence electrons. The van der Waals surface area contributed by atoms with Crippen LogP contribution < -0.4 is 10.6 Å². The fraction of sp³-hybridized carbons (Fsp3) is 0.130. The second-order valence-corrected chi connectivity index (χ2v) is 8.22. The Morgan fingerprint density at radius 3 is 2.40 bits per heavy atom. The molecule has 3 aromatic rings. The number of anilines is 2. The van der Waals surface area contributed by atoms with Crippen molar-refractivity contribution in [3.8, 4) is 0 Å². The van der Waals surface area contributed by atoms with Gasteiger partial charge in [-0.1, -0.05) is 30.7 Å². The van der Waals surface area contributed by atoms with Gasteiger partial charge in [0.05, 0.1) is 5.25 Å². The molecule has 0 aliphatic carbocycles. The minimum atomic E-state index is -0.356. The number of halogens is 2. The smallest absolute Gasteiger partial charge is 0.255 e. The van der Waals surface area contributed by atoms with Crippen LogP contribution in [0.5, 0.6) is 0 Å². The van der Waals surface area contributed by atoms with E-state index in [-0.39, 0.29) is 22.9 Å². The highest BCUT2D eigenvalue weighted by atomic mass is 35.5. The highest BCUT2D eigenvalue weighted by molar-refractivity contribution is 8.00. The first-order chi connectivity index (χ1) is 14.4. The largest absolute Gasteiger partial charge is 0.325 e. The van der Waals surface area contributed by atoms with E-state index in [4.69, 9.17) is 11.6 Å². The third kappa shape index (κ3) is 6.08. The Labute approximate surface area is 183 Å². The third-order valence-electron chi connectivity index (χ3n) is 4.23. The molecule has 0 heterocycles. The van der Waals surface area contributed by atoms with Gasteiger partial charge in [-0.2, -0.15) is 0 Å². The van der Waals surface area contributed by atoms with E-state index in [0.717, 1.165) is 4.90 Å². The van der Waals surface area contributed by atoms with Crippen molar-refractivity contribution in [2.24, 2.45) is 0 Å². The summed E-state index contributed by atoms with van der Waals surface area (Å²) in [7, 11) is 0. The molecule has 3 rings (SSSR count). The van der Waals surface area contributed by atoms with Gasteiger partial charge in [0.2, 0.25) is 5.91 Å². The van der Waals surface area contributed by atoms with Crippen molar-refractivity contribution in [2.75, 3.05) is 10.6 Å². The SMILES string of the molecule is CCC(Sc1cccc(NC(=O)c2cccc(Cl)c2)c1)C(=O)Nc1ccc(F)cc1. The number of hydrogen-bond acceptors (Lipinski definition) is 3. The second-order valence-electron chi connectivity index (χ2n) is 6.50. The molecule has 1 unspecified atom stereocenters. The molecule has 3 aromatic carbocycles. The Morgan fingerprint density at radius 2 is 1.70 bits per heavy atom. The quantitative estimate of drug-likeness (QED) is 0.426. The van der Waals surface area contributed by atoms with Gasteiger partial charge >= 0.3 is 0 Å². The minimum Gasteiger partial charge on any atom is -0.325 e. The molecule has 2 N–H and O–H groups in total. The molecule has 0 aliphatic heterocycles. The minimum absolute atomic E-state index is 0.164. The van der Waals surface area contributed by atoms with E-state index in [9.17, 15) is 14.0 Å². The fourth-order valence-electron chi connectivity index (χ4n) is 2.72. The molecule has 1 atom stereocenters. The number of hydrogen-bond donors (Lipinski definition) is 2. The highest BCUT2D eigenvalue weighted by Gasteiger charge is 2.18. The lowest BCUT2D eigenvalue weighted by atomic mass is 10.2. The normalized spacial score (nSPS) is 11.6. The molecule has 0 radical (unpaired) electrons. The second kappa shape index (κ2) is 10.3. The highest BCUT2D eigenvalue weighted by Crippen LogP contribution is 2.29. The number of carbonyl (C=O) groups is 2. The summed E-state index contributed by atoms with van der Waals surface area (Å²) in [6.07, 6.45) is 0.608. The molecule has 0 fully saturated rings. The number of nitrogens with one attached hydrogen (secondary N) is 2. The molecule has 0 aromatic heterocycles. The summed E-state index contributed by atoms with van der Waals surface area (Å²) in [5, 5.41) is 5.80. The summed E-state index contributed by atoms with van der Waals surface area (Å²) in [6, 6.07) is 19.7. The van der Waals surface area contributed by atoms with Crippen molar-refractivity contribution < 1.29 is 14.0 Å². The van der Waals surface area contributed by atoms with E-state index in [2.05, 4.69) is 10.6 Å². The van der Waals surface area contributed by atoms with Crippen LogP contribution in [0.4, 0.5) is 15.8 Å². The first-order valence-electron chi connectivity index (χ1n) is 9.34. The summed E-state index contributed by atoms with van der Waals surface area (Å²) in [6.45, 7) is 1.92. The van der Waals surface area contributed by atoms with Gasteiger partial charge in [0, 0.05) is 26.9 Å². The number of amides is 2. The lowest BCUT2D eigenvalue weighted by molar-refractivity contribution is -0.115. The summed E-state index contributed by atoms with van der Waals surface area (Å²) < 4.78 is 13.0. The maximum Gasteiger partial charge on any atom is 0.255 e. The molecule has 7 heteroatoms. The van der Waals surface area contributed by atoms with E-state index in [1.165, 1.54) is 36.0 Å². The van der Waals surface area contributed by atoms with Gasteiger partial charge in [-0.25, -0.2) is 4.39 Å². The van der Waals surface area contributed by atoms with Crippen molar-refractivity contribution in [3.63, 3.8) is 0 Å². The van der Waals surface area contributed by atoms with Crippen LogP contribution >= 0.6 is 23.4 Å². The fourth-order valence-corrected chi connectivity index (χ4v) is 3.93. The van der Waals surface area contributed by atoms with Crippen LogP contribution in [0.15, 0.2) is 77.7 Å².